The van der Waals surface area contributed by atoms with Gasteiger partial charge in [0, 0.05) is 12.8 Å². The normalized spacial score (nSPS) is 12.5. The zero-order chi connectivity index (χ0) is 35.4. The highest BCUT2D eigenvalue weighted by atomic mass is 31.2. The Morgan fingerprint density at radius 1 is 0.521 bits per heavy atom. The molecule has 0 saturated heterocycles. The maximum Gasteiger partial charge on any atom is 0.469 e. The Labute approximate surface area is 295 Å². The van der Waals surface area contributed by atoms with Gasteiger partial charge in [0.25, 0.3) is 0 Å². The number of carbonyl (C=O) groups is 2. The third-order valence-electron chi connectivity index (χ3n) is 8.78. The lowest BCUT2D eigenvalue weighted by atomic mass is 10.0. The van der Waals surface area contributed by atoms with Gasteiger partial charge in [-0.25, -0.2) is 4.57 Å². The third-order valence-corrected chi connectivity index (χ3v) is 9.27. The van der Waals surface area contributed by atoms with E-state index >= 15 is 0 Å². The summed E-state index contributed by atoms with van der Waals surface area (Å²) in [5.74, 6) is -0.885. The number of phosphoric ester groups is 1. The van der Waals surface area contributed by atoms with Crippen molar-refractivity contribution >= 4 is 19.8 Å². The first-order valence-electron chi connectivity index (χ1n) is 20.0. The van der Waals surface area contributed by atoms with Crippen LogP contribution in [-0.4, -0.2) is 41.0 Å². The molecule has 0 aliphatic heterocycles. The molecule has 0 aromatic heterocycles. The van der Waals surface area contributed by atoms with Crippen molar-refractivity contribution in [2.45, 2.75) is 213 Å². The summed E-state index contributed by atoms with van der Waals surface area (Å²) < 4.78 is 26.3. The number of phosphoric acid groups is 1. The minimum atomic E-state index is -4.75. The topological polar surface area (TPSA) is 119 Å². The second kappa shape index (κ2) is 35.6. The van der Waals surface area contributed by atoms with Gasteiger partial charge in [-0.1, -0.05) is 167 Å². The highest BCUT2D eigenvalue weighted by molar-refractivity contribution is 7.46. The van der Waals surface area contributed by atoms with Crippen molar-refractivity contribution in [3.05, 3.63) is 12.2 Å². The van der Waals surface area contributed by atoms with Crippen LogP contribution in [0.2, 0.25) is 0 Å². The van der Waals surface area contributed by atoms with Crippen LogP contribution in [-0.2, 0) is 28.2 Å². The summed E-state index contributed by atoms with van der Waals surface area (Å²) in [5, 5.41) is 0. The van der Waals surface area contributed by atoms with Crippen LogP contribution in [0.5, 0.6) is 0 Å². The van der Waals surface area contributed by atoms with Gasteiger partial charge >= 0.3 is 19.8 Å². The van der Waals surface area contributed by atoms with E-state index in [1.807, 2.05) is 0 Å². The summed E-state index contributed by atoms with van der Waals surface area (Å²) in [6.45, 7) is 3.67. The quantitative estimate of drug-likeness (QED) is 0.0284. The summed E-state index contributed by atoms with van der Waals surface area (Å²) in [7, 11) is -4.75. The van der Waals surface area contributed by atoms with Gasteiger partial charge in [-0.3, -0.25) is 14.1 Å². The Morgan fingerprint density at radius 3 is 1.29 bits per heavy atom. The Bertz CT molecular complexity index is 797. The predicted octanol–water partition coefficient (Wildman–Crippen LogP) is 11.8. The molecule has 8 nitrogen and oxygen atoms in total. The number of ether oxygens (including phenoxy) is 2. The van der Waals surface area contributed by atoms with E-state index < -0.39 is 32.5 Å². The average molecular weight is 703 g/mol. The summed E-state index contributed by atoms with van der Waals surface area (Å²) in [4.78, 5) is 42.7. The van der Waals surface area contributed by atoms with Crippen molar-refractivity contribution in [2.75, 3.05) is 13.2 Å². The largest absolute Gasteiger partial charge is 0.469 e. The SMILES string of the molecule is CCCCCC/C=C/CCCCCCCC(=O)OC[C@H](COP(=O)(O)O)OC(=O)CCCCCCCCCCCCCCCCCCC. The number of rotatable bonds is 37. The number of unbranched alkanes of at least 4 members (excludes halogenated alkanes) is 25. The van der Waals surface area contributed by atoms with Crippen LogP contribution in [0.1, 0.15) is 206 Å². The van der Waals surface area contributed by atoms with Crippen LogP contribution in [0.15, 0.2) is 12.2 Å². The Balaban J connectivity index is 3.91. The van der Waals surface area contributed by atoms with Crippen LogP contribution in [0.3, 0.4) is 0 Å². The molecule has 0 aliphatic rings. The second-order valence-corrected chi connectivity index (χ2v) is 14.9. The fourth-order valence-corrected chi connectivity index (χ4v) is 6.14. The van der Waals surface area contributed by atoms with Crippen molar-refractivity contribution in [3.63, 3.8) is 0 Å². The van der Waals surface area contributed by atoms with E-state index in [9.17, 15) is 14.2 Å². The summed E-state index contributed by atoms with van der Waals surface area (Å²) in [6.07, 6.45) is 37.9. The summed E-state index contributed by atoms with van der Waals surface area (Å²) >= 11 is 0. The maximum absolute atomic E-state index is 12.4. The molecule has 0 bridgehead atoms. The molecule has 0 spiro atoms. The molecular weight excluding hydrogens is 627 g/mol. The van der Waals surface area contributed by atoms with Gasteiger partial charge in [0.15, 0.2) is 6.10 Å². The number of hydrogen-bond donors (Lipinski definition) is 2. The van der Waals surface area contributed by atoms with Crippen LogP contribution < -0.4 is 0 Å². The standard InChI is InChI=1S/C39H75O8P/c1-3-5-7-9-11-13-15-17-18-19-20-22-24-26-28-30-32-34-39(41)47-37(36-46-48(42,43)44)35-45-38(40)33-31-29-27-25-23-21-16-14-12-10-8-6-4-2/h14,16,37H,3-13,15,17-36H2,1-2H3,(H2,42,43,44)/b16-14+/t37-/m1/s1. The molecule has 0 saturated carbocycles. The minimum absolute atomic E-state index is 0.216. The molecule has 0 aromatic rings. The van der Waals surface area contributed by atoms with Gasteiger partial charge in [-0.15, -0.1) is 0 Å². The fraction of sp³-hybridized carbons (Fsp3) is 0.897. The van der Waals surface area contributed by atoms with Crippen molar-refractivity contribution in [2.24, 2.45) is 0 Å². The van der Waals surface area contributed by atoms with Gasteiger partial charge in [-0.05, 0) is 38.5 Å². The zero-order valence-electron chi connectivity index (χ0n) is 31.2. The highest BCUT2D eigenvalue weighted by Gasteiger charge is 2.22. The van der Waals surface area contributed by atoms with Gasteiger partial charge in [0.2, 0.25) is 0 Å². The first kappa shape index (κ1) is 46.8. The Hall–Kier alpha value is -1.21. The molecule has 0 aromatic carbocycles. The molecule has 0 amide bonds. The maximum atomic E-state index is 12.4. The van der Waals surface area contributed by atoms with E-state index in [0.717, 1.165) is 57.8 Å². The van der Waals surface area contributed by atoms with E-state index in [1.165, 1.54) is 116 Å². The summed E-state index contributed by atoms with van der Waals surface area (Å²) in [5.41, 5.74) is 0. The molecule has 1 atom stereocenters. The predicted molar refractivity (Wildman–Crippen MR) is 198 cm³/mol. The lowest BCUT2D eigenvalue weighted by Gasteiger charge is -2.18. The van der Waals surface area contributed by atoms with Crippen LogP contribution in [0.4, 0.5) is 0 Å². The third kappa shape index (κ3) is 37.6. The zero-order valence-corrected chi connectivity index (χ0v) is 32.0. The molecule has 284 valence electrons. The minimum Gasteiger partial charge on any atom is -0.462 e. The number of carbonyl (C=O) groups excluding carboxylic acids is 2. The molecule has 0 rings (SSSR count). The van der Waals surface area contributed by atoms with Gasteiger partial charge in [0.05, 0.1) is 6.61 Å². The molecule has 0 aliphatic carbocycles. The average Bonchev–Trinajstić information content (AvgIpc) is 3.05. The molecule has 0 heterocycles. The molecule has 0 unspecified atom stereocenters. The lowest BCUT2D eigenvalue weighted by Crippen LogP contribution is -2.29. The molecule has 48 heavy (non-hydrogen) atoms. The first-order chi connectivity index (χ1) is 23.3. The monoisotopic (exact) mass is 703 g/mol. The van der Waals surface area contributed by atoms with Gasteiger partial charge in [-0.2, -0.15) is 0 Å². The number of hydrogen-bond acceptors (Lipinski definition) is 6. The smallest absolute Gasteiger partial charge is 0.462 e. The fourth-order valence-electron chi connectivity index (χ4n) is 5.78. The second-order valence-electron chi connectivity index (χ2n) is 13.6. The van der Waals surface area contributed by atoms with Crippen LogP contribution in [0.25, 0.3) is 0 Å². The molecule has 9 heteroatoms. The highest BCUT2D eigenvalue weighted by Crippen LogP contribution is 2.36. The molecular formula is C39H75O8P. The van der Waals surface area contributed by atoms with E-state index in [0.29, 0.717) is 6.42 Å². The van der Waals surface area contributed by atoms with E-state index in [-0.39, 0.29) is 19.4 Å². The lowest BCUT2D eigenvalue weighted by molar-refractivity contribution is -0.161. The molecule has 0 radical (unpaired) electrons. The number of esters is 2. The van der Waals surface area contributed by atoms with Gasteiger partial charge in [0.1, 0.15) is 6.61 Å². The number of allylic oxidation sites excluding steroid dienone is 2. The van der Waals surface area contributed by atoms with E-state index in [4.69, 9.17) is 19.3 Å². The molecule has 2 N–H and O–H groups in total. The van der Waals surface area contributed by atoms with Crippen molar-refractivity contribution in [1.29, 1.82) is 0 Å². The van der Waals surface area contributed by atoms with Crippen molar-refractivity contribution in [1.82, 2.24) is 0 Å². The van der Waals surface area contributed by atoms with Gasteiger partial charge < -0.3 is 19.3 Å². The van der Waals surface area contributed by atoms with E-state index in [2.05, 4.69) is 30.5 Å². The molecule has 0 fully saturated rings. The Kier molecular flexibility index (Phi) is 34.7. The van der Waals surface area contributed by atoms with Crippen molar-refractivity contribution in [3.8, 4) is 0 Å². The Morgan fingerprint density at radius 2 is 0.875 bits per heavy atom. The van der Waals surface area contributed by atoms with E-state index in [1.54, 1.807) is 0 Å². The van der Waals surface area contributed by atoms with Crippen LogP contribution >= 0.6 is 7.82 Å². The first-order valence-corrected chi connectivity index (χ1v) is 21.5. The van der Waals surface area contributed by atoms with Crippen LogP contribution in [0, 0.1) is 0 Å². The summed E-state index contributed by atoms with van der Waals surface area (Å²) in [6, 6.07) is 0. The van der Waals surface area contributed by atoms with Crippen molar-refractivity contribution < 1.29 is 37.9 Å².